The molecular weight excluding hydrogens is 401 g/mol. The summed E-state index contributed by atoms with van der Waals surface area (Å²) >= 11 is 0. The number of halogens is 3. The van der Waals surface area contributed by atoms with Gasteiger partial charge in [0.2, 0.25) is 5.76 Å². The van der Waals surface area contributed by atoms with Crippen LogP contribution in [-0.2, 0) is 25.3 Å². The van der Waals surface area contributed by atoms with Crippen LogP contribution < -0.4 is 10.6 Å². The zero-order chi connectivity index (χ0) is 22.1. The van der Waals surface area contributed by atoms with E-state index in [1.165, 1.54) is 20.0 Å². The molecule has 160 valence electrons. The van der Waals surface area contributed by atoms with Crippen LogP contribution in [0.3, 0.4) is 0 Å². The van der Waals surface area contributed by atoms with E-state index in [0.29, 0.717) is 12.4 Å². The number of anilines is 1. The van der Waals surface area contributed by atoms with E-state index in [1.807, 2.05) is 20.2 Å². The van der Waals surface area contributed by atoms with Crippen molar-refractivity contribution in [3.8, 4) is 0 Å². The van der Waals surface area contributed by atoms with Crippen LogP contribution in [0.1, 0.15) is 46.9 Å². The predicted molar refractivity (Wildman–Crippen MR) is 102 cm³/mol. The van der Waals surface area contributed by atoms with E-state index in [-0.39, 0.29) is 11.3 Å². The molecule has 0 unspecified atom stereocenters. The van der Waals surface area contributed by atoms with Crippen molar-refractivity contribution < 1.29 is 22.5 Å². The monoisotopic (exact) mass is 422 g/mol. The smallest absolute Gasteiger partial charge is 0.364 e. The molecule has 0 spiro atoms. The van der Waals surface area contributed by atoms with Gasteiger partial charge in [0.1, 0.15) is 11.5 Å². The van der Waals surface area contributed by atoms with E-state index >= 15 is 0 Å². The zero-order valence-corrected chi connectivity index (χ0v) is 16.8. The lowest BCUT2D eigenvalue weighted by Crippen LogP contribution is -2.41. The van der Waals surface area contributed by atoms with Gasteiger partial charge < -0.3 is 15.2 Å². The van der Waals surface area contributed by atoms with Crippen molar-refractivity contribution in [2.24, 2.45) is 7.05 Å². The Morgan fingerprint density at radius 3 is 2.53 bits per heavy atom. The van der Waals surface area contributed by atoms with Crippen LogP contribution in [0.4, 0.5) is 19.0 Å². The van der Waals surface area contributed by atoms with Crippen molar-refractivity contribution in [1.29, 1.82) is 0 Å². The molecule has 8 nitrogen and oxygen atoms in total. The van der Waals surface area contributed by atoms with Crippen LogP contribution in [0.15, 0.2) is 35.1 Å². The predicted octanol–water partition coefficient (Wildman–Crippen LogP) is 3.41. The van der Waals surface area contributed by atoms with Gasteiger partial charge in [-0.2, -0.15) is 18.3 Å². The fourth-order valence-corrected chi connectivity index (χ4v) is 2.76. The molecule has 2 N–H and O–H groups in total. The number of alkyl halides is 3. The fourth-order valence-electron chi connectivity index (χ4n) is 2.76. The molecule has 0 aromatic carbocycles. The molecule has 3 heterocycles. The quantitative estimate of drug-likeness (QED) is 0.632. The molecule has 3 aromatic heterocycles. The maximum absolute atomic E-state index is 12.7. The Morgan fingerprint density at radius 2 is 2.00 bits per heavy atom. The molecule has 0 aliphatic carbocycles. The summed E-state index contributed by atoms with van der Waals surface area (Å²) in [6.07, 6.45) is -1.36. The van der Waals surface area contributed by atoms with E-state index in [9.17, 15) is 18.0 Å². The van der Waals surface area contributed by atoms with E-state index in [4.69, 9.17) is 0 Å². The number of hydrogen-bond donors (Lipinski definition) is 2. The summed E-state index contributed by atoms with van der Waals surface area (Å²) in [5.74, 6) is -1.17. The number of nitrogens with one attached hydrogen (secondary N) is 2. The molecule has 1 amide bonds. The van der Waals surface area contributed by atoms with Crippen molar-refractivity contribution in [3.05, 3.63) is 58.9 Å². The normalized spacial score (nSPS) is 12.1. The van der Waals surface area contributed by atoms with Crippen molar-refractivity contribution >= 4 is 11.7 Å². The van der Waals surface area contributed by atoms with Gasteiger partial charge in [-0.05, 0) is 38.5 Å². The average Bonchev–Trinajstić information content (AvgIpc) is 3.27. The third kappa shape index (κ3) is 4.78. The first-order chi connectivity index (χ1) is 14.0. The van der Waals surface area contributed by atoms with Crippen LogP contribution in [0.5, 0.6) is 0 Å². The number of aromatic nitrogens is 4. The molecule has 0 fully saturated rings. The highest BCUT2D eigenvalue weighted by Crippen LogP contribution is 2.32. The average molecular weight is 422 g/mol. The van der Waals surface area contributed by atoms with Crippen LogP contribution in [0, 0.1) is 6.92 Å². The first-order valence-electron chi connectivity index (χ1n) is 9.01. The van der Waals surface area contributed by atoms with Gasteiger partial charge in [-0.15, -0.1) is 0 Å². The lowest BCUT2D eigenvalue weighted by atomic mass is 10.00. The van der Waals surface area contributed by atoms with E-state index in [2.05, 4.69) is 30.4 Å². The Balaban J connectivity index is 1.63. The molecule has 11 heteroatoms. The van der Waals surface area contributed by atoms with Gasteiger partial charge in [-0.3, -0.25) is 9.48 Å². The van der Waals surface area contributed by atoms with E-state index in [0.717, 1.165) is 17.3 Å². The lowest BCUT2D eigenvalue weighted by Gasteiger charge is -2.23. The molecular formula is C19H21F3N6O2. The third-order valence-electron chi connectivity index (χ3n) is 4.43. The number of pyridine rings is 1. The molecule has 0 aliphatic rings. The van der Waals surface area contributed by atoms with E-state index in [1.54, 1.807) is 16.8 Å². The highest BCUT2D eigenvalue weighted by atomic mass is 19.4. The summed E-state index contributed by atoms with van der Waals surface area (Å²) < 4.78 is 44.2. The Bertz CT molecular complexity index is 1040. The van der Waals surface area contributed by atoms with Gasteiger partial charge in [-0.25, -0.2) is 4.98 Å². The molecule has 0 saturated carbocycles. The third-order valence-corrected chi connectivity index (χ3v) is 4.43. The summed E-state index contributed by atoms with van der Waals surface area (Å²) in [7, 11) is 1.84. The van der Waals surface area contributed by atoms with Gasteiger partial charge >= 0.3 is 6.18 Å². The number of carbonyl (C=O) groups excluding carboxylic acids is 1. The first-order valence-corrected chi connectivity index (χ1v) is 9.01. The number of carbonyl (C=O) groups is 1. The number of nitrogens with zero attached hydrogens (tertiary/aromatic N) is 4. The SMILES string of the molecule is Cc1cn(C)nc1CNc1ccc(C(=O)NC(C)(C)c2cc(C(F)(F)F)on2)cn1. The lowest BCUT2D eigenvalue weighted by molar-refractivity contribution is -0.155. The Hall–Kier alpha value is -3.37. The topological polar surface area (TPSA) is 97.9 Å². The standard InChI is InChI=1S/C19H21F3N6O2/c1-11-10-28(4)26-13(11)9-24-16-6-5-12(8-23-16)17(29)25-18(2,3)14-7-15(30-27-14)19(20,21)22/h5-8,10H,9H2,1-4H3,(H,23,24)(H,25,29). The van der Waals surface area contributed by atoms with Crippen molar-refractivity contribution in [2.45, 2.75) is 39.0 Å². The Kier molecular flexibility index (Phi) is 5.55. The van der Waals surface area contributed by atoms with Crippen LogP contribution in [0.2, 0.25) is 0 Å². The maximum Gasteiger partial charge on any atom is 0.452 e. The number of hydrogen-bond acceptors (Lipinski definition) is 6. The fraction of sp³-hybridized carbons (Fsp3) is 0.368. The molecule has 0 bridgehead atoms. The van der Waals surface area contributed by atoms with Crippen molar-refractivity contribution in [1.82, 2.24) is 25.2 Å². The molecule has 3 rings (SSSR count). The van der Waals surface area contributed by atoms with Crippen molar-refractivity contribution in [3.63, 3.8) is 0 Å². The Morgan fingerprint density at radius 1 is 1.27 bits per heavy atom. The molecule has 0 atom stereocenters. The Labute approximate surface area is 170 Å². The second-order valence-corrected chi connectivity index (χ2v) is 7.37. The minimum Gasteiger partial charge on any atom is -0.364 e. The van der Waals surface area contributed by atoms with Gasteiger partial charge in [0, 0.05) is 25.5 Å². The maximum atomic E-state index is 12.7. The van der Waals surface area contributed by atoms with Gasteiger partial charge in [0.25, 0.3) is 5.91 Å². The van der Waals surface area contributed by atoms with E-state index < -0.39 is 23.4 Å². The second kappa shape index (κ2) is 7.81. The molecule has 0 radical (unpaired) electrons. The molecule has 0 aliphatic heterocycles. The van der Waals surface area contributed by atoms with Crippen LogP contribution in [-0.4, -0.2) is 25.8 Å². The molecule has 30 heavy (non-hydrogen) atoms. The summed E-state index contributed by atoms with van der Waals surface area (Å²) in [5.41, 5.74) is 0.957. The molecule has 0 saturated heterocycles. The van der Waals surface area contributed by atoms with Gasteiger partial charge in [-0.1, -0.05) is 5.16 Å². The molecule has 3 aromatic rings. The summed E-state index contributed by atoms with van der Waals surface area (Å²) in [4.78, 5) is 16.7. The number of aryl methyl sites for hydroxylation is 2. The van der Waals surface area contributed by atoms with Crippen LogP contribution >= 0.6 is 0 Å². The van der Waals surface area contributed by atoms with Gasteiger partial charge in [0.05, 0.1) is 23.3 Å². The number of amides is 1. The highest BCUT2D eigenvalue weighted by molar-refractivity contribution is 5.94. The highest BCUT2D eigenvalue weighted by Gasteiger charge is 2.38. The minimum atomic E-state index is -4.65. The zero-order valence-electron chi connectivity index (χ0n) is 16.8. The number of rotatable bonds is 6. The minimum absolute atomic E-state index is 0.0415. The van der Waals surface area contributed by atoms with Gasteiger partial charge in [0.15, 0.2) is 0 Å². The second-order valence-electron chi connectivity index (χ2n) is 7.37. The first kappa shape index (κ1) is 21.3. The summed E-state index contributed by atoms with van der Waals surface area (Å²) in [6, 6.07) is 3.97. The summed E-state index contributed by atoms with van der Waals surface area (Å²) in [5, 5.41) is 13.5. The summed E-state index contributed by atoms with van der Waals surface area (Å²) in [6.45, 7) is 5.49. The van der Waals surface area contributed by atoms with Crippen LogP contribution in [0.25, 0.3) is 0 Å². The largest absolute Gasteiger partial charge is 0.452 e. The van der Waals surface area contributed by atoms with Crippen molar-refractivity contribution in [2.75, 3.05) is 5.32 Å².